The summed E-state index contributed by atoms with van der Waals surface area (Å²) in [4.78, 5) is 15.9. The van der Waals surface area contributed by atoms with Gasteiger partial charge < -0.3 is 15.6 Å². The van der Waals surface area contributed by atoms with E-state index in [0.29, 0.717) is 23.4 Å². The highest BCUT2D eigenvalue weighted by Gasteiger charge is 2.46. The van der Waals surface area contributed by atoms with E-state index in [2.05, 4.69) is 40.8 Å². The Morgan fingerprint density at radius 2 is 1.90 bits per heavy atom. The van der Waals surface area contributed by atoms with Gasteiger partial charge in [0.1, 0.15) is 0 Å². The minimum absolute atomic E-state index is 0.0429. The summed E-state index contributed by atoms with van der Waals surface area (Å²) in [6.07, 6.45) is 4.51. The van der Waals surface area contributed by atoms with E-state index in [1.165, 1.54) is 18.4 Å². The van der Waals surface area contributed by atoms with Crippen LogP contribution in [0.1, 0.15) is 53.3 Å². The zero-order chi connectivity index (χ0) is 19.8. The van der Waals surface area contributed by atoms with Crippen LogP contribution in [0.2, 0.25) is 0 Å². The molecule has 5 rings (SSSR count). The molecule has 0 bridgehead atoms. The van der Waals surface area contributed by atoms with Crippen LogP contribution >= 0.6 is 0 Å². The molecule has 29 heavy (non-hydrogen) atoms. The van der Waals surface area contributed by atoms with Crippen molar-refractivity contribution in [3.63, 3.8) is 0 Å². The molecule has 2 aliphatic rings. The summed E-state index contributed by atoms with van der Waals surface area (Å²) >= 11 is 0. The van der Waals surface area contributed by atoms with Crippen LogP contribution < -0.4 is 11.1 Å². The zero-order valence-corrected chi connectivity index (χ0v) is 16.2. The van der Waals surface area contributed by atoms with Gasteiger partial charge in [-0.25, -0.2) is 0 Å². The summed E-state index contributed by atoms with van der Waals surface area (Å²) in [5, 5.41) is 8.04. The molecule has 148 valence electrons. The number of hydrogen-bond acceptors (Lipinski definition) is 5. The first-order chi connectivity index (χ1) is 14.1. The molecule has 2 unspecified atom stereocenters. The minimum Gasteiger partial charge on any atom is -0.366 e. The van der Waals surface area contributed by atoms with Gasteiger partial charge in [-0.3, -0.25) is 4.79 Å². The molecule has 0 saturated heterocycles. The number of hydrogen-bond donors (Lipinski definition) is 2. The third-order valence-corrected chi connectivity index (χ3v) is 6.35. The van der Waals surface area contributed by atoms with E-state index in [4.69, 9.17) is 15.2 Å². The smallest absolute Gasteiger partial charge is 0.257 e. The maximum Gasteiger partial charge on any atom is 0.257 e. The van der Waals surface area contributed by atoms with Crippen molar-refractivity contribution in [3.8, 4) is 11.5 Å². The minimum atomic E-state index is -0.448. The molecule has 2 aromatic carbocycles. The van der Waals surface area contributed by atoms with Gasteiger partial charge in [-0.15, -0.1) is 0 Å². The number of primary amides is 1. The monoisotopic (exact) mass is 388 g/mol. The molecular weight excluding hydrogens is 364 g/mol. The number of carbonyl (C=O) groups is 1. The summed E-state index contributed by atoms with van der Waals surface area (Å²) in [6, 6.07) is 18.2. The van der Waals surface area contributed by atoms with E-state index in [1.54, 1.807) is 24.3 Å². The fourth-order valence-electron chi connectivity index (χ4n) is 4.23. The molecule has 6 heteroatoms. The van der Waals surface area contributed by atoms with Crippen LogP contribution in [0.4, 0.5) is 0 Å². The predicted octanol–water partition coefficient (Wildman–Crippen LogP) is 3.40. The first-order valence-corrected chi connectivity index (χ1v) is 10.2. The Morgan fingerprint density at radius 1 is 1.14 bits per heavy atom. The van der Waals surface area contributed by atoms with E-state index in [-0.39, 0.29) is 5.41 Å². The number of benzene rings is 2. The fourth-order valence-corrected chi connectivity index (χ4v) is 4.23. The van der Waals surface area contributed by atoms with Crippen LogP contribution in [0.15, 0.2) is 59.1 Å². The molecule has 2 fully saturated rings. The Hall–Kier alpha value is -2.99. The van der Waals surface area contributed by atoms with Crippen molar-refractivity contribution in [2.45, 2.75) is 43.1 Å². The molecule has 3 aromatic rings. The molecule has 0 radical (unpaired) electrons. The number of carbonyl (C=O) groups excluding carboxylic acids is 1. The first kappa shape index (κ1) is 18.1. The van der Waals surface area contributed by atoms with Crippen molar-refractivity contribution in [1.29, 1.82) is 0 Å². The molecule has 1 aromatic heterocycles. The van der Waals surface area contributed by atoms with Gasteiger partial charge in [0.15, 0.2) is 5.82 Å². The number of nitrogens with two attached hydrogens (primary N) is 1. The molecule has 2 aliphatic carbocycles. The van der Waals surface area contributed by atoms with Gasteiger partial charge in [0, 0.05) is 35.0 Å². The van der Waals surface area contributed by atoms with E-state index < -0.39 is 5.91 Å². The molecule has 1 heterocycles. The zero-order valence-electron chi connectivity index (χ0n) is 16.2. The maximum absolute atomic E-state index is 11.2. The molecule has 0 spiro atoms. The largest absolute Gasteiger partial charge is 0.366 e. The predicted molar refractivity (Wildman–Crippen MR) is 109 cm³/mol. The number of nitrogens with zero attached hydrogens (tertiary/aromatic N) is 2. The third kappa shape index (κ3) is 3.44. The quantitative estimate of drug-likeness (QED) is 0.647. The Bertz CT molecular complexity index is 1010. The fraction of sp³-hybridized carbons (Fsp3) is 0.348. The Balaban J connectivity index is 1.26. The SMILES string of the molecule is NC(=O)c1ccc(-c2nc(C3(CNC4CC4c4ccccc4)CCC3)no2)cc1. The lowest BCUT2D eigenvalue weighted by molar-refractivity contribution is 0.100. The number of rotatable bonds is 7. The van der Waals surface area contributed by atoms with Crippen LogP contribution in [-0.2, 0) is 5.41 Å². The van der Waals surface area contributed by atoms with Crippen molar-refractivity contribution < 1.29 is 9.32 Å². The standard InChI is InChI=1S/C23H24N4O2/c24-20(28)16-7-9-17(10-8-16)21-26-22(27-29-21)23(11-4-12-23)14-25-19-13-18(19)15-5-2-1-3-6-15/h1-3,5-10,18-19,25H,4,11-14H2,(H2,24,28). The summed E-state index contributed by atoms with van der Waals surface area (Å²) in [5.74, 6) is 1.42. The van der Waals surface area contributed by atoms with E-state index in [1.807, 2.05) is 0 Å². The summed E-state index contributed by atoms with van der Waals surface area (Å²) in [5.41, 5.74) is 7.93. The normalized spacial score (nSPS) is 22.1. The van der Waals surface area contributed by atoms with Crippen molar-refractivity contribution in [2.24, 2.45) is 5.73 Å². The Morgan fingerprint density at radius 3 is 2.55 bits per heavy atom. The lowest BCUT2D eigenvalue weighted by Gasteiger charge is -2.39. The van der Waals surface area contributed by atoms with Crippen molar-refractivity contribution in [1.82, 2.24) is 15.5 Å². The molecule has 6 nitrogen and oxygen atoms in total. The van der Waals surface area contributed by atoms with Gasteiger partial charge in [-0.1, -0.05) is 41.9 Å². The molecule has 1 amide bonds. The van der Waals surface area contributed by atoms with Gasteiger partial charge in [0.25, 0.3) is 5.89 Å². The van der Waals surface area contributed by atoms with Crippen molar-refractivity contribution in [3.05, 3.63) is 71.5 Å². The van der Waals surface area contributed by atoms with Gasteiger partial charge in [-0.05, 0) is 49.1 Å². The van der Waals surface area contributed by atoms with E-state index in [9.17, 15) is 4.79 Å². The lowest BCUT2D eigenvalue weighted by Crippen LogP contribution is -2.45. The maximum atomic E-state index is 11.2. The second-order valence-corrected chi connectivity index (χ2v) is 8.24. The van der Waals surface area contributed by atoms with Crippen LogP contribution in [-0.4, -0.2) is 28.6 Å². The molecule has 3 N–H and O–H groups in total. The van der Waals surface area contributed by atoms with Crippen LogP contribution in [0.25, 0.3) is 11.5 Å². The molecule has 0 aliphatic heterocycles. The van der Waals surface area contributed by atoms with Crippen molar-refractivity contribution in [2.75, 3.05) is 6.54 Å². The van der Waals surface area contributed by atoms with Crippen molar-refractivity contribution >= 4 is 5.91 Å². The highest BCUT2D eigenvalue weighted by atomic mass is 16.5. The number of nitrogens with one attached hydrogen (secondary N) is 1. The first-order valence-electron chi connectivity index (χ1n) is 10.2. The van der Waals surface area contributed by atoms with Gasteiger partial charge in [0.05, 0.1) is 0 Å². The van der Waals surface area contributed by atoms with E-state index >= 15 is 0 Å². The average molecular weight is 388 g/mol. The second-order valence-electron chi connectivity index (χ2n) is 8.24. The van der Waals surface area contributed by atoms with Crippen LogP contribution in [0, 0.1) is 0 Å². The summed E-state index contributed by atoms with van der Waals surface area (Å²) in [6.45, 7) is 0.876. The topological polar surface area (TPSA) is 94.0 Å². The van der Waals surface area contributed by atoms with E-state index in [0.717, 1.165) is 30.8 Å². The Kier molecular flexibility index (Phi) is 4.43. The number of aromatic nitrogens is 2. The third-order valence-electron chi connectivity index (χ3n) is 6.35. The van der Waals surface area contributed by atoms with Gasteiger partial charge in [-0.2, -0.15) is 4.98 Å². The molecule has 2 atom stereocenters. The van der Waals surface area contributed by atoms with Gasteiger partial charge >= 0.3 is 0 Å². The molecule has 2 saturated carbocycles. The highest BCUT2D eigenvalue weighted by molar-refractivity contribution is 5.93. The summed E-state index contributed by atoms with van der Waals surface area (Å²) < 4.78 is 5.54. The second kappa shape index (κ2) is 7.12. The number of amides is 1. The van der Waals surface area contributed by atoms with Crippen LogP contribution in [0.5, 0.6) is 0 Å². The van der Waals surface area contributed by atoms with Gasteiger partial charge in [0.2, 0.25) is 5.91 Å². The Labute approximate surface area is 169 Å². The highest BCUT2D eigenvalue weighted by Crippen LogP contribution is 2.45. The lowest BCUT2D eigenvalue weighted by atomic mass is 9.68. The summed E-state index contributed by atoms with van der Waals surface area (Å²) in [7, 11) is 0. The average Bonchev–Trinajstić information content (AvgIpc) is 3.33. The molecular formula is C23H24N4O2. The van der Waals surface area contributed by atoms with Crippen LogP contribution in [0.3, 0.4) is 0 Å².